The lowest BCUT2D eigenvalue weighted by molar-refractivity contribution is -0.137. The molecule has 120 valence electrons. The number of carboxylic acids is 3. The van der Waals surface area contributed by atoms with Gasteiger partial charge in [0.2, 0.25) is 0 Å². The predicted molar refractivity (Wildman–Crippen MR) is 78.2 cm³/mol. The second-order valence-corrected chi connectivity index (χ2v) is 8.24. The Morgan fingerprint density at radius 2 is 1.14 bits per heavy atom. The third-order valence-electron chi connectivity index (χ3n) is 2.62. The van der Waals surface area contributed by atoms with Crippen LogP contribution in [0.25, 0.3) is 0 Å². The van der Waals surface area contributed by atoms with Gasteiger partial charge in [-0.15, -0.1) is 0 Å². The molecular weight excluding hydrogens is 323 g/mol. The molecule has 3 N–H and O–H groups in total. The zero-order valence-electron chi connectivity index (χ0n) is 11.2. The second kappa shape index (κ2) is 9.57. The first kappa shape index (κ1) is 19.7. The molecule has 0 aliphatic rings. The lowest BCUT2D eigenvalue weighted by Crippen LogP contribution is -2.21. The lowest BCUT2D eigenvalue weighted by Gasteiger charge is -2.23. The minimum Gasteiger partial charge on any atom is -0.481 e. The fourth-order valence-corrected chi connectivity index (χ4v) is 5.02. The molecule has 0 aliphatic heterocycles. The van der Waals surface area contributed by atoms with Gasteiger partial charge in [-0.05, 0) is 0 Å². The van der Waals surface area contributed by atoms with Crippen molar-refractivity contribution in [2.75, 3.05) is 24.2 Å². The number of hydrogen-bond acceptors (Lipinski definition) is 6. The molecule has 0 aromatic heterocycles. The van der Waals surface area contributed by atoms with E-state index in [-0.39, 0.29) is 43.5 Å². The third kappa shape index (κ3) is 9.25. The minimum atomic E-state index is -2.77. The fourth-order valence-electron chi connectivity index (χ4n) is 1.62. The van der Waals surface area contributed by atoms with Crippen LogP contribution in [0.15, 0.2) is 0 Å². The Hall–Kier alpha value is -1.34. The number of carboxylic acid groups (broad SMARTS) is 3. The Balaban J connectivity index is 5.11. The van der Waals surface area contributed by atoms with E-state index in [2.05, 4.69) is 12.6 Å². The maximum atomic E-state index is 11.4. The fraction of sp³-hybridized carbons (Fsp3) is 0.636. The maximum absolute atomic E-state index is 11.4. The summed E-state index contributed by atoms with van der Waals surface area (Å²) in [6.07, 6.45) is -1.06. The maximum Gasteiger partial charge on any atom is 0.359 e. The van der Waals surface area contributed by atoms with Crippen LogP contribution in [0.3, 0.4) is 0 Å². The van der Waals surface area contributed by atoms with Crippen molar-refractivity contribution in [2.45, 2.75) is 19.3 Å². The molecule has 0 rings (SSSR count). The van der Waals surface area contributed by atoms with Gasteiger partial charge in [0.05, 0.1) is 25.0 Å². The molecule has 0 spiro atoms. The normalized spacial score (nSPS) is 10.9. The van der Waals surface area contributed by atoms with Gasteiger partial charge in [-0.1, -0.05) is 0 Å². The first-order chi connectivity index (χ1) is 9.70. The molecule has 0 heterocycles. The SMILES string of the molecule is O=C(O)CC[P+](CCC(=O)O)(CCC(=O)O)OC(=O)CS. The van der Waals surface area contributed by atoms with Crippen LogP contribution in [0.1, 0.15) is 19.3 Å². The predicted octanol–water partition coefficient (Wildman–Crippen LogP) is 0.816. The van der Waals surface area contributed by atoms with E-state index in [9.17, 15) is 19.2 Å². The molecular formula is C11H18O8PS+. The van der Waals surface area contributed by atoms with E-state index in [4.69, 9.17) is 19.8 Å². The van der Waals surface area contributed by atoms with Crippen molar-refractivity contribution in [1.82, 2.24) is 0 Å². The van der Waals surface area contributed by atoms with Crippen molar-refractivity contribution in [3.63, 3.8) is 0 Å². The summed E-state index contributed by atoms with van der Waals surface area (Å²) < 4.78 is 5.24. The number of thiol groups is 1. The summed E-state index contributed by atoms with van der Waals surface area (Å²) in [5.74, 6) is -4.30. The van der Waals surface area contributed by atoms with Crippen molar-refractivity contribution in [2.24, 2.45) is 0 Å². The number of carbonyl (C=O) groups excluding carboxylic acids is 1. The van der Waals surface area contributed by atoms with Gasteiger partial charge in [-0.25, -0.2) is 4.79 Å². The van der Waals surface area contributed by atoms with Gasteiger partial charge in [0, 0.05) is 0 Å². The molecule has 0 aliphatic carbocycles. The summed E-state index contributed by atoms with van der Waals surface area (Å²) in [7, 11) is -2.77. The standard InChI is InChI=1S/C11H17O8PS/c12-8(13)1-4-20(5-2-9(14)15,6-3-10(16)17)19-11(18)7-21/h1-7H2,(H3-,12,13,14,15,16,17,21)/p+1. The van der Waals surface area contributed by atoms with Crippen molar-refractivity contribution >= 4 is 44.0 Å². The Kier molecular flexibility index (Phi) is 8.96. The van der Waals surface area contributed by atoms with Gasteiger partial charge in [0.25, 0.3) is 0 Å². The van der Waals surface area contributed by atoms with Crippen LogP contribution in [0, 0.1) is 0 Å². The Bertz CT molecular complexity index is 365. The molecule has 0 radical (unpaired) electrons. The van der Waals surface area contributed by atoms with Crippen molar-refractivity contribution in [1.29, 1.82) is 0 Å². The van der Waals surface area contributed by atoms with Gasteiger partial charge in [-0.3, -0.25) is 14.4 Å². The van der Waals surface area contributed by atoms with Crippen LogP contribution in [0.2, 0.25) is 0 Å². The van der Waals surface area contributed by atoms with Crippen LogP contribution in [-0.4, -0.2) is 63.4 Å². The highest BCUT2D eigenvalue weighted by atomic mass is 32.1. The molecule has 8 nitrogen and oxygen atoms in total. The van der Waals surface area contributed by atoms with E-state index in [0.29, 0.717) is 0 Å². The average molecular weight is 341 g/mol. The van der Waals surface area contributed by atoms with Crippen LogP contribution in [0.5, 0.6) is 0 Å². The molecule has 21 heavy (non-hydrogen) atoms. The smallest absolute Gasteiger partial charge is 0.359 e. The van der Waals surface area contributed by atoms with E-state index in [0.717, 1.165) is 0 Å². The number of hydrogen-bond donors (Lipinski definition) is 4. The van der Waals surface area contributed by atoms with Crippen LogP contribution < -0.4 is 0 Å². The molecule has 0 aromatic carbocycles. The van der Waals surface area contributed by atoms with Crippen molar-refractivity contribution < 1.29 is 39.0 Å². The lowest BCUT2D eigenvalue weighted by atomic mass is 10.5. The Labute approximate surface area is 127 Å². The highest BCUT2D eigenvalue weighted by Crippen LogP contribution is 2.61. The monoisotopic (exact) mass is 341 g/mol. The molecule has 0 bridgehead atoms. The van der Waals surface area contributed by atoms with E-state index < -0.39 is 31.4 Å². The highest BCUT2D eigenvalue weighted by molar-refractivity contribution is 7.81. The highest BCUT2D eigenvalue weighted by Gasteiger charge is 2.43. The van der Waals surface area contributed by atoms with Crippen molar-refractivity contribution in [3.8, 4) is 0 Å². The van der Waals surface area contributed by atoms with Crippen molar-refractivity contribution in [3.05, 3.63) is 0 Å². The summed E-state index contributed by atoms with van der Waals surface area (Å²) in [5, 5.41) is 26.3. The summed E-state index contributed by atoms with van der Waals surface area (Å²) in [4.78, 5) is 43.6. The van der Waals surface area contributed by atoms with Gasteiger partial charge in [-0.2, -0.15) is 12.6 Å². The van der Waals surface area contributed by atoms with E-state index >= 15 is 0 Å². The van der Waals surface area contributed by atoms with Gasteiger partial charge >= 0.3 is 23.9 Å². The summed E-state index contributed by atoms with van der Waals surface area (Å²) in [6.45, 7) is 0. The molecule has 0 saturated heterocycles. The van der Waals surface area contributed by atoms with Crippen LogP contribution >= 0.6 is 20.1 Å². The number of carbonyl (C=O) groups is 4. The van der Waals surface area contributed by atoms with E-state index in [1.807, 2.05) is 0 Å². The van der Waals surface area contributed by atoms with Gasteiger partial charge in [0.1, 0.15) is 18.5 Å². The minimum absolute atomic E-state index is 0.0393. The quantitative estimate of drug-likeness (QED) is 0.320. The van der Waals surface area contributed by atoms with Gasteiger partial charge < -0.3 is 19.8 Å². The zero-order valence-corrected chi connectivity index (χ0v) is 13.0. The van der Waals surface area contributed by atoms with E-state index in [1.54, 1.807) is 0 Å². The summed E-state index contributed by atoms with van der Waals surface area (Å²) in [6, 6.07) is 0. The number of aliphatic carboxylic acids is 3. The molecule has 0 amide bonds. The summed E-state index contributed by atoms with van der Waals surface area (Å²) >= 11 is 3.75. The molecule has 0 atom stereocenters. The second-order valence-electron chi connectivity index (χ2n) is 4.28. The Morgan fingerprint density at radius 1 is 0.810 bits per heavy atom. The van der Waals surface area contributed by atoms with Crippen LogP contribution in [0.4, 0.5) is 0 Å². The first-order valence-corrected chi connectivity index (χ1v) is 8.95. The molecule has 0 unspecified atom stereocenters. The van der Waals surface area contributed by atoms with Crippen LogP contribution in [-0.2, 0) is 23.7 Å². The molecule has 0 aromatic rings. The third-order valence-corrected chi connectivity index (χ3v) is 6.59. The largest absolute Gasteiger partial charge is 0.481 e. The zero-order chi connectivity index (χ0) is 16.5. The Morgan fingerprint density at radius 3 is 1.38 bits per heavy atom. The molecule has 0 fully saturated rings. The van der Waals surface area contributed by atoms with E-state index in [1.165, 1.54) is 0 Å². The molecule has 10 heteroatoms. The first-order valence-electron chi connectivity index (χ1n) is 6.05. The van der Waals surface area contributed by atoms with Gasteiger partial charge in [0.15, 0.2) is 7.49 Å². The summed E-state index contributed by atoms with van der Waals surface area (Å²) in [5.41, 5.74) is 0. The average Bonchev–Trinajstić information content (AvgIpc) is 2.40. The molecule has 0 saturated carbocycles. The topological polar surface area (TPSA) is 138 Å². The number of rotatable bonds is 11.